The Kier molecular flexibility index (Phi) is 2.81. The second-order valence-electron chi connectivity index (χ2n) is 3.35. The molecule has 2 rings (SSSR count). The first-order valence-electron chi connectivity index (χ1n) is 4.50. The maximum atomic E-state index is 11.6. The molecule has 5 heteroatoms. The van der Waals surface area contributed by atoms with Gasteiger partial charge in [0.1, 0.15) is 0 Å². The zero-order valence-electron chi connectivity index (χ0n) is 7.56. The molecule has 3 N–H and O–H groups in total. The highest BCUT2D eigenvalue weighted by Gasteiger charge is 2.27. The number of aliphatic hydroxyl groups excluding tert-OH is 1. The van der Waals surface area contributed by atoms with Crippen LogP contribution in [0.5, 0.6) is 0 Å². The van der Waals surface area contributed by atoms with Gasteiger partial charge < -0.3 is 15.7 Å². The number of carbonyl (C=O) groups excluding carboxylic acids is 1. The van der Waals surface area contributed by atoms with E-state index < -0.39 is 6.10 Å². The lowest BCUT2D eigenvalue weighted by Crippen LogP contribution is -2.35. The van der Waals surface area contributed by atoms with Gasteiger partial charge in [0.15, 0.2) is 0 Å². The fourth-order valence-corrected chi connectivity index (χ4v) is 2.07. The quantitative estimate of drug-likeness (QED) is 0.665. The minimum absolute atomic E-state index is 0.0695. The van der Waals surface area contributed by atoms with Gasteiger partial charge in [-0.3, -0.25) is 4.79 Å². The van der Waals surface area contributed by atoms with Crippen molar-refractivity contribution in [2.75, 3.05) is 11.9 Å². The standard InChI is InChI=1S/C9H12N2O2S/c12-7-3-8(10-4-7)9(13)11-6-1-2-14-5-6/h1-2,5,7-8,10,12H,3-4H2,(H,11,13). The van der Waals surface area contributed by atoms with Crippen LogP contribution in [0.15, 0.2) is 16.8 Å². The largest absolute Gasteiger partial charge is 0.392 e. The van der Waals surface area contributed by atoms with Gasteiger partial charge in [-0.15, -0.1) is 0 Å². The Morgan fingerprint density at radius 1 is 1.71 bits per heavy atom. The maximum Gasteiger partial charge on any atom is 0.241 e. The number of rotatable bonds is 2. The van der Waals surface area contributed by atoms with E-state index in [1.165, 1.54) is 0 Å². The number of amides is 1. The van der Waals surface area contributed by atoms with E-state index in [9.17, 15) is 9.90 Å². The van der Waals surface area contributed by atoms with E-state index in [1.807, 2.05) is 16.8 Å². The Bertz CT molecular complexity index is 313. The highest BCUT2D eigenvalue weighted by atomic mass is 32.1. The Balaban J connectivity index is 1.90. The molecule has 2 heterocycles. The van der Waals surface area contributed by atoms with Crippen molar-refractivity contribution in [1.29, 1.82) is 0 Å². The lowest BCUT2D eigenvalue weighted by Gasteiger charge is -2.09. The molecule has 0 bridgehead atoms. The Morgan fingerprint density at radius 2 is 2.57 bits per heavy atom. The molecule has 1 saturated heterocycles. The summed E-state index contributed by atoms with van der Waals surface area (Å²) in [5.74, 6) is -0.0695. The van der Waals surface area contributed by atoms with Crippen LogP contribution >= 0.6 is 11.3 Å². The minimum atomic E-state index is -0.395. The van der Waals surface area contributed by atoms with Crippen molar-refractivity contribution >= 4 is 22.9 Å². The summed E-state index contributed by atoms with van der Waals surface area (Å²) >= 11 is 1.54. The zero-order valence-corrected chi connectivity index (χ0v) is 8.38. The summed E-state index contributed by atoms with van der Waals surface area (Å²) in [6.45, 7) is 0.502. The topological polar surface area (TPSA) is 61.4 Å². The van der Waals surface area contributed by atoms with Gasteiger partial charge in [0, 0.05) is 11.9 Å². The van der Waals surface area contributed by atoms with Crippen LogP contribution in [0.3, 0.4) is 0 Å². The first kappa shape index (κ1) is 9.64. The van der Waals surface area contributed by atoms with Crippen LogP contribution in [-0.2, 0) is 4.79 Å². The van der Waals surface area contributed by atoms with Crippen molar-refractivity contribution in [2.45, 2.75) is 18.6 Å². The molecule has 0 saturated carbocycles. The molecule has 0 aliphatic carbocycles. The summed E-state index contributed by atoms with van der Waals surface area (Å²) in [7, 11) is 0. The van der Waals surface area contributed by atoms with Gasteiger partial charge in [0.25, 0.3) is 0 Å². The molecule has 0 spiro atoms. The van der Waals surface area contributed by atoms with E-state index in [0.717, 1.165) is 5.69 Å². The summed E-state index contributed by atoms with van der Waals surface area (Å²) in [4.78, 5) is 11.6. The predicted molar refractivity (Wildman–Crippen MR) is 55.4 cm³/mol. The molecule has 1 aromatic rings. The molecule has 4 nitrogen and oxygen atoms in total. The van der Waals surface area contributed by atoms with Crippen molar-refractivity contribution < 1.29 is 9.90 Å². The number of hydrogen-bond acceptors (Lipinski definition) is 4. The van der Waals surface area contributed by atoms with Gasteiger partial charge in [0.05, 0.1) is 17.8 Å². The van der Waals surface area contributed by atoms with Gasteiger partial charge in [0.2, 0.25) is 5.91 Å². The van der Waals surface area contributed by atoms with Gasteiger partial charge >= 0.3 is 0 Å². The molecule has 1 amide bonds. The zero-order chi connectivity index (χ0) is 9.97. The number of anilines is 1. The van der Waals surface area contributed by atoms with Gasteiger partial charge in [-0.2, -0.15) is 11.3 Å². The average molecular weight is 212 g/mol. The van der Waals surface area contributed by atoms with Crippen molar-refractivity contribution in [3.8, 4) is 0 Å². The van der Waals surface area contributed by atoms with Crippen molar-refractivity contribution in [3.63, 3.8) is 0 Å². The fraction of sp³-hybridized carbons (Fsp3) is 0.444. The Labute approximate surface area is 85.9 Å². The molecular weight excluding hydrogens is 200 g/mol. The van der Waals surface area contributed by atoms with Gasteiger partial charge in [-0.05, 0) is 17.9 Å². The summed E-state index contributed by atoms with van der Waals surface area (Å²) in [6, 6.07) is 1.60. The van der Waals surface area contributed by atoms with Crippen LogP contribution < -0.4 is 10.6 Å². The van der Waals surface area contributed by atoms with Gasteiger partial charge in [-0.1, -0.05) is 0 Å². The molecular formula is C9H12N2O2S. The van der Waals surface area contributed by atoms with E-state index in [4.69, 9.17) is 0 Å². The molecule has 1 fully saturated rings. The smallest absolute Gasteiger partial charge is 0.241 e. The summed E-state index contributed by atoms with van der Waals surface area (Å²) in [6.07, 6.45) is 0.101. The van der Waals surface area contributed by atoms with Crippen LogP contribution in [0.1, 0.15) is 6.42 Å². The highest BCUT2D eigenvalue weighted by molar-refractivity contribution is 7.08. The molecule has 2 unspecified atom stereocenters. The molecule has 0 radical (unpaired) electrons. The van der Waals surface area contributed by atoms with Crippen molar-refractivity contribution in [3.05, 3.63) is 16.8 Å². The molecule has 2 atom stereocenters. The Hall–Kier alpha value is -0.910. The third kappa shape index (κ3) is 2.12. The molecule has 76 valence electrons. The van der Waals surface area contributed by atoms with E-state index in [0.29, 0.717) is 13.0 Å². The fourth-order valence-electron chi connectivity index (χ4n) is 1.48. The third-order valence-electron chi connectivity index (χ3n) is 2.21. The summed E-state index contributed by atoms with van der Waals surface area (Å²) < 4.78 is 0. The maximum absolute atomic E-state index is 11.6. The molecule has 1 aliphatic rings. The first-order valence-corrected chi connectivity index (χ1v) is 5.44. The lowest BCUT2D eigenvalue weighted by molar-refractivity contribution is -0.117. The van der Waals surface area contributed by atoms with Crippen LogP contribution in [0.25, 0.3) is 0 Å². The van der Waals surface area contributed by atoms with Crippen LogP contribution in [-0.4, -0.2) is 29.7 Å². The number of carbonyl (C=O) groups is 1. The van der Waals surface area contributed by atoms with E-state index in [2.05, 4.69) is 10.6 Å². The number of β-amino-alcohol motifs (C(OH)–C–C–N with tert-alkyl or cyclic N) is 1. The minimum Gasteiger partial charge on any atom is -0.392 e. The summed E-state index contributed by atoms with van der Waals surface area (Å²) in [5.41, 5.74) is 0.822. The van der Waals surface area contributed by atoms with E-state index in [1.54, 1.807) is 11.3 Å². The van der Waals surface area contributed by atoms with Crippen molar-refractivity contribution in [1.82, 2.24) is 5.32 Å². The van der Waals surface area contributed by atoms with Crippen LogP contribution in [0.2, 0.25) is 0 Å². The number of nitrogens with one attached hydrogen (secondary N) is 2. The van der Waals surface area contributed by atoms with E-state index in [-0.39, 0.29) is 11.9 Å². The predicted octanol–water partition coefficient (Wildman–Crippen LogP) is 0.409. The monoisotopic (exact) mass is 212 g/mol. The second kappa shape index (κ2) is 4.08. The number of aliphatic hydroxyl groups is 1. The molecule has 1 aromatic heterocycles. The third-order valence-corrected chi connectivity index (χ3v) is 2.90. The van der Waals surface area contributed by atoms with E-state index >= 15 is 0 Å². The average Bonchev–Trinajstić information content (AvgIpc) is 2.75. The molecule has 1 aliphatic heterocycles. The highest BCUT2D eigenvalue weighted by Crippen LogP contribution is 2.14. The Morgan fingerprint density at radius 3 is 3.14 bits per heavy atom. The molecule has 14 heavy (non-hydrogen) atoms. The first-order chi connectivity index (χ1) is 6.75. The van der Waals surface area contributed by atoms with Crippen molar-refractivity contribution in [2.24, 2.45) is 0 Å². The normalized spacial score (nSPS) is 26.4. The summed E-state index contributed by atoms with van der Waals surface area (Å²) in [5, 5.41) is 18.8. The number of hydrogen-bond donors (Lipinski definition) is 3. The van der Waals surface area contributed by atoms with Gasteiger partial charge in [-0.25, -0.2) is 0 Å². The second-order valence-corrected chi connectivity index (χ2v) is 4.13. The van der Waals surface area contributed by atoms with Crippen LogP contribution in [0.4, 0.5) is 5.69 Å². The molecule has 0 aromatic carbocycles. The van der Waals surface area contributed by atoms with Crippen LogP contribution in [0, 0.1) is 0 Å². The number of thiophene rings is 1. The SMILES string of the molecule is O=C(Nc1ccsc1)C1CC(O)CN1. The lowest BCUT2D eigenvalue weighted by atomic mass is 10.2.